The topological polar surface area (TPSA) is 42.0 Å². The molecule has 0 unspecified atom stereocenters. The first-order valence-corrected chi connectivity index (χ1v) is 9.10. The van der Waals surface area contributed by atoms with Crippen LogP contribution in [0.1, 0.15) is 26.3 Å². The van der Waals surface area contributed by atoms with Gasteiger partial charge >= 0.3 is 0 Å². The van der Waals surface area contributed by atoms with Crippen molar-refractivity contribution in [3.05, 3.63) is 60.3 Å². The highest BCUT2D eigenvalue weighted by Crippen LogP contribution is 2.36. The lowest BCUT2D eigenvalue weighted by Gasteiger charge is -2.19. The number of anilines is 1. The second-order valence-corrected chi connectivity index (χ2v) is 8.25. The van der Waals surface area contributed by atoms with E-state index in [-0.39, 0.29) is 5.91 Å². The minimum atomic E-state index is -0.448. The van der Waals surface area contributed by atoms with E-state index in [9.17, 15) is 4.79 Å². The van der Waals surface area contributed by atoms with Gasteiger partial charge in [-0.05, 0) is 37.3 Å². The first kappa shape index (κ1) is 17.5. The fourth-order valence-corrected chi connectivity index (χ4v) is 3.32. The summed E-state index contributed by atoms with van der Waals surface area (Å²) in [6.07, 6.45) is 1.76. The van der Waals surface area contributed by atoms with Crippen LogP contribution in [0.3, 0.4) is 0 Å². The van der Waals surface area contributed by atoms with Gasteiger partial charge in [-0.1, -0.05) is 56.3 Å². The largest absolute Gasteiger partial charge is 0.324 e. The molecule has 4 heteroatoms. The second kappa shape index (κ2) is 6.89. The number of benzene rings is 2. The molecule has 0 spiro atoms. The number of aromatic nitrogens is 1. The minimum Gasteiger partial charge on any atom is -0.324 e. The summed E-state index contributed by atoms with van der Waals surface area (Å²) in [5.74, 6) is -0.0154. The molecule has 1 aromatic heterocycles. The summed E-state index contributed by atoms with van der Waals surface area (Å²) in [5, 5.41) is 4.05. The van der Waals surface area contributed by atoms with Gasteiger partial charge in [0, 0.05) is 26.8 Å². The van der Waals surface area contributed by atoms with Crippen LogP contribution in [0.25, 0.3) is 10.9 Å². The molecule has 1 N–H and O–H groups in total. The first-order valence-electron chi connectivity index (χ1n) is 8.28. The highest BCUT2D eigenvalue weighted by molar-refractivity contribution is 7.99. The average molecular weight is 350 g/mol. The van der Waals surface area contributed by atoms with Crippen LogP contribution in [0.4, 0.5) is 5.69 Å². The van der Waals surface area contributed by atoms with Crippen molar-refractivity contribution in [3.63, 3.8) is 0 Å². The molecular weight excluding hydrogens is 328 g/mol. The summed E-state index contributed by atoms with van der Waals surface area (Å²) in [4.78, 5) is 19.2. The molecule has 0 saturated carbocycles. The third kappa shape index (κ3) is 4.02. The standard InChI is InChI=1S/C21H22N2OS/c1-14-7-9-15(10-8-14)25-18-12-11-17(23-20(24)21(2,3)4)19-16(18)6-5-13-22-19/h5-13H,1-4H3,(H,23,24). The Hall–Kier alpha value is -2.33. The highest BCUT2D eigenvalue weighted by atomic mass is 32.2. The van der Waals surface area contributed by atoms with Crippen LogP contribution in [0.2, 0.25) is 0 Å². The van der Waals surface area contributed by atoms with Crippen molar-refractivity contribution < 1.29 is 4.79 Å². The van der Waals surface area contributed by atoms with Gasteiger partial charge in [-0.2, -0.15) is 0 Å². The number of hydrogen-bond acceptors (Lipinski definition) is 3. The SMILES string of the molecule is Cc1ccc(Sc2ccc(NC(=O)C(C)(C)C)c3ncccc23)cc1. The van der Waals surface area contributed by atoms with E-state index in [1.807, 2.05) is 45.0 Å². The Kier molecular flexibility index (Phi) is 4.82. The molecule has 3 aromatic rings. The van der Waals surface area contributed by atoms with E-state index in [2.05, 4.69) is 41.5 Å². The molecule has 1 heterocycles. The van der Waals surface area contributed by atoms with E-state index >= 15 is 0 Å². The number of carbonyl (C=O) groups is 1. The maximum atomic E-state index is 12.3. The Labute approximate surface area is 152 Å². The second-order valence-electron chi connectivity index (χ2n) is 7.13. The van der Waals surface area contributed by atoms with Crippen molar-refractivity contribution in [2.24, 2.45) is 5.41 Å². The lowest BCUT2D eigenvalue weighted by Crippen LogP contribution is -2.27. The Morgan fingerprint density at radius 2 is 1.76 bits per heavy atom. The molecule has 2 aromatic carbocycles. The van der Waals surface area contributed by atoms with Crippen LogP contribution >= 0.6 is 11.8 Å². The molecule has 1 amide bonds. The summed E-state index contributed by atoms with van der Waals surface area (Å²) in [6.45, 7) is 7.79. The molecule has 0 aliphatic rings. The van der Waals surface area contributed by atoms with Crippen LogP contribution in [0, 0.1) is 12.3 Å². The summed E-state index contributed by atoms with van der Waals surface area (Å²) in [5.41, 5.74) is 2.37. The van der Waals surface area contributed by atoms with Gasteiger partial charge in [0.15, 0.2) is 0 Å². The van der Waals surface area contributed by atoms with Crippen molar-refractivity contribution >= 4 is 34.3 Å². The fourth-order valence-electron chi connectivity index (χ4n) is 2.38. The van der Waals surface area contributed by atoms with Gasteiger partial charge in [-0.15, -0.1) is 0 Å². The normalized spacial score (nSPS) is 11.5. The fraction of sp³-hybridized carbons (Fsp3) is 0.238. The summed E-state index contributed by atoms with van der Waals surface area (Å²) >= 11 is 1.71. The smallest absolute Gasteiger partial charge is 0.229 e. The van der Waals surface area contributed by atoms with Crippen LogP contribution in [-0.4, -0.2) is 10.9 Å². The molecule has 25 heavy (non-hydrogen) atoms. The van der Waals surface area contributed by atoms with Crippen molar-refractivity contribution in [2.75, 3.05) is 5.32 Å². The monoisotopic (exact) mass is 350 g/mol. The third-order valence-electron chi connectivity index (χ3n) is 3.91. The molecule has 3 nitrogen and oxygen atoms in total. The van der Waals surface area contributed by atoms with Crippen LogP contribution in [-0.2, 0) is 4.79 Å². The lowest BCUT2D eigenvalue weighted by atomic mass is 9.95. The predicted molar refractivity (Wildman–Crippen MR) is 105 cm³/mol. The van der Waals surface area contributed by atoms with E-state index < -0.39 is 5.41 Å². The molecule has 0 aliphatic carbocycles. The van der Waals surface area contributed by atoms with Crippen molar-refractivity contribution in [1.29, 1.82) is 0 Å². The van der Waals surface area contributed by atoms with E-state index in [1.165, 1.54) is 10.5 Å². The number of nitrogens with zero attached hydrogens (tertiary/aromatic N) is 1. The number of carbonyl (C=O) groups excluding carboxylic acids is 1. The molecular formula is C21H22N2OS. The molecule has 0 radical (unpaired) electrons. The molecule has 0 aliphatic heterocycles. The Morgan fingerprint density at radius 1 is 1.04 bits per heavy atom. The maximum absolute atomic E-state index is 12.3. The summed E-state index contributed by atoms with van der Waals surface area (Å²) in [7, 11) is 0. The van der Waals surface area contributed by atoms with Crippen molar-refractivity contribution in [3.8, 4) is 0 Å². The number of amides is 1. The zero-order valence-electron chi connectivity index (χ0n) is 15.0. The third-order valence-corrected chi connectivity index (χ3v) is 4.99. The lowest BCUT2D eigenvalue weighted by molar-refractivity contribution is -0.123. The molecule has 0 atom stereocenters. The number of hydrogen-bond donors (Lipinski definition) is 1. The number of fused-ring (bicyclic) bond motifs is 1. The van der Waals surface area contributed by atoms with Gasteiger partial charge in [0.2, 0.25) is 5.91 Å². The Bertz CT molecular complexity index is 911. The molecule has 3 rings (SSSR count). The van der Waals surface area contributed by atoms with Crippen LogP contribution in [0.5, 0.6) is 0 Å². The maximum Gasteiger partial charge on any atom is 0.229 e. The van der Waals surface area contributed by atoms with Gasteiger partial charge in [-0.3, -0.25) is 9.78 Å². The summed E-state index contributed by atoms with van der Waals surface area (Å²) in [6, 6.07) is 16.4. The van der Waals surface area contributed by atoms with Crippen LogP contribution in [0.15, 0.2) is 64.5 Å². The zero-order valence-corrected chi connectivity index (χ0v) is 15.8. The first-order chi connectivity index (χ1) is 11.8. The van der Waals surface area contributed by atoms with E-state index in [1.54, 1.807) is 18.0 Å². The van der Waals surface area contributed by atoms with Gasteiger partial charge in [-0.25, -0.2) is 0 Å². The summed E-state index contributed by atoms with van der Waals surface area (Å²) < 4.78 is 0. The molecule has 0 saturated heterocycles. The molecule has 0 bridgehead atoms. The van der Waals surface area contributed by atoms with Crippen molar-refractivity contribution in [2.45, 2.75) is 37.5 Å². The van der Waals surface area contributed by atoms with Gasteiger partial charge in [0.05, 0.1) is 11.2 Å². The Morgan fingerprint density at radius 3 is 2.44 bits per heavy atom. The number of rotatable bonds is 3. The number of nitrogens with one attached hydrogen (secondary N) is 1. The predicted octanol–water partition coefficient (Wildman–Crippen LogP) is 5.68. The average Bonchev–Trinajstić information content (AvgIpc) is 2.58. The quantitative estimate of drug-likeness (QED) is 0.661. The van der Waals surface area contributed by atoms with Gasteiger partial charge in [0.25, 0.3) is 0 Å². The zero-order chi connectivity index (χ0) is 18.0. The van der Waals surface area contributed by atoms with E-state index in [4.69, 9.17) is 0 Å². The molecule has 0 fully saturated rings. The van der Waals surface area contributed by atoms with E-state index in [0.717, 1.165) is 21.5 Å². The van der Waals surface area contributed by atoms with E-state index in [0.29, 0.717) is 0 Å². The number of aryl methyl sites for hydroxylation is 1. The van der Waals surface area contributed by atoms with Crippen molar-refractivity contribution in [1.82, 2.24) is 4.98 Å². The Balaban J connectivity index is 1.98. The minimum absolute atomic E-state index is 0.0154. The molecule has 128 valence electrons. The number of pyridine rings is 1. The van der Waals surface area contributed by atoms with Gasteiger partial charge < -0.3 is 5.32 Å². The van der Waals surface area contributed by atoms with Crippen LogP contribution < -0.4 is 5.32 Å². The van der Waals surface area contributed by atoms with Gasteiger partial charge in [0.1, 0.15) is 0 Å². The highest BCUT2D eigenvalue weighted by Gasteiger charge is 2.22.